The van der Waals surface area contributed by atoms with Crippen molar-refractivity contribution in [3.8, 4) is 5.75 Å². The van der Waals surface area contributed by atoms with E-state index in [2.05, 4.69) is 42.5 Å². The molecule has 20 heavy (non-hydrogen) atoms. The Morgan fingerprint density at radius 2 is 2.05 bits per heavy atom. The van der Waals surface area contributed by atoms with Crippen LogP contribution in [0.2, 0.25) is 0 Å². The number of rotatable bonds is 6. The van der Waals surface area contributed by atoms with Crippen LogP contribution in [0.4, 0.5) is 0 Å². The van der Waals surface area contributed by atoms with Gasteiger partial charge >= 0.3 is 0 Å². The normalized spacial score (nSPS) is 12.4. The quantitative estimate of drug-likeness (QED) is 0.831. The van der Waals surface area contributed by atoms with Crippen LogP contribution in [0, 0.1) is 0 Å². The molecule has 4 nitrogen and oxygen atoms in total. The van der Waals surface area contributed by atoms with Crippen molar-refractivity contribution in [1.29, 1.82) is 0 Å². The fraction of sp³-hybridized carbons (Fsp3) is 0.400. The molecule has 1 aromatic carbocycles. The largest absolute Gasteiger partial charge is 0.493 e. The topological polar surface area (TPSA) is 53.1 Å². The van der Waals surface area contributed by atoms with Gasteiger partial charge < -0.3 is 10.5 Å². The molecule has 108 valence electrons. The fourth-order valence-corrected chi connectivity index (χ4v) is 2.62. The van der Waals surface area contributed by atoms with Crippen molar-refractivity contribution in [2.75, 3.05) is 13.4 Å². The molecule has 0 amide bonds. The zero-order valence-electron chi connectivity index (χ0n) is 12.2. The molecule has 2 rings (SSSR count). The van der Waals surface area contributed by atoms with Gasteiger partial charge in [0.1, 0.15) is 5.69 Å². The molecule has 0 saturated heterocycles. The zero-order chi connectivity index (χ0) is 14.5. The van der Waals surface area contributed by atoms with E-state index in [1.165, 1.54) is 4.90 Å². The van der Waals surface area contributed by atoms with Gasteiger partial charge in [-0.3, -0.25) is 4.68 Å². The second kappa shape index (κ2) is 6.81. The summed E-state index contributed by atoms with van der Waals surface area (Å²) in [6, 6.07) is 8.09. The average Bonchev–Trinajstić information content (AvgIpc) is 2.90. The minimum absolute atomic E-state index is 0.227. The standard InChI is InChI=1S/C15H21N3OS/c1-4-9-18-15(13(19-2)10-17-18)14(16)11-5-7-12(20-3)8-6-11/h5-8,10,14H,4,9,16H2,1-3H3. The van der Waals surface area contributed by atoms with Gasteiger partial charge in [-0.1, -0.05) is 19.1 Å². The van der Waals surface area contributed by atoms with Gasteiger partial charge in [0.25, 0.3) is 0 Å². The lowest BCUT2D eigenvalue weighted by Gasteiger charge is -2.16. The third-order valence-corrected chi connectivity index (χ3v) is 4.01. The summed E-state index contributed by atoms with van der Waals surface area (Å²) in [5, 5.41) is 4.36. The van der Waals surface area contributed by atoms with E-state index in [4.69, 9.17) is 10.5 Å². The Labute approximate surface area is 124 Å². The fourth-order valence-electron chi connectivity index (χ4n) is 2.21. The Hall–Kier alpha value is -1.46. The van der Waals surface area contributed by atoms with Gasteiger partial charge in [0.05, 0.1) is 19.3 Å². The van der Waals surface area contributed by atoms with E-state index < -0.39 is 0 Å². The van der Waals surface area contributed by atoms with Gasteiger partial charge in [-0.05, 0) is 30.4 Å². The van der Waals surface area contributed by atoms with Gasteiger partial charge in [-0.15, -0.1) is 11.8 Å². The molecule has 0 aliphatic rings. The summed E-state index contributed by atoms with van der Waals surface area (Å²) in [4.78, 5) is 1.23. The molecular weight excluding hydrogens is 270 g/mol. The van der Waals surface area contributed by atoms with Crippen LogP contribution in [0.25, 0.3) is 0 Å². The Bertz CT molecular complexity index is 551. The maximum Gasteiger partial charge on any atom is 0.161 e. The first kappa shape index (κ1) is 14.9. The molecule has 0 aliphatic heterocycles. The minimum atomic E-state index is -0.227. The Kier molecular flexibility index (Phi) is 5.09. The Morgan fingerprint density at radius 3 is 2.60 bits per heavy atom. The van der Waals surface area contributed by atoms with Gasteiger partial charge in [0.15, 0.2) is 5.75 Å². The third kappa shape index (κ3) is 2.99. The molecule has 0 radical (unpaired) electrons. The molecule has 0 spiro atoms. The van der Waals surface area contributed by atoms with Crippen LogP contribution in [0.5, 0.6) is 5.75 Å². The van der Waals surface area contributed by atoms with E-state index in [-0.39, 0.29) is 6.04 Å². The lowest BCUT2D eigenvalue weighted by atomic mass is 10.0. The first-order valence-corrected chi connectivity index (χ1v) is 7.93. The number of methoxy groups -OCH3 is 1. The predicted molar refractivity (Wildman–Crippen MR) is 83.3 cm³/mol. The lowest BCUT2D eigenvalue weighted by molar-refractivity contribution is 0.404. The van der Waals surface area contributed by atoms with E-state index >= 15 is 0 Å². The second-order valence-corrected chi connectivity index (χ2v) is 5.45. The predicted octanol–water partition coefficient (Wildman–Crippen LogP) is 3.07. The van der Waals surface area contributed by atoms with Crippen molar-refractivity contribution in [1.82, 2.24) is 9.78 Å². The molecular formula is C15H21N3OS. The van der Waals surface area contributed by atoms with E-state index in [0.29, 0.717) is 0 Å². The van der Waals surface area contributed by atoms with Crippen molar-refractivity contribution < 1.29 is 4.74 Å². The van der Waals surface area contributed by atoms with Crippen LogP contribution in [0.15, 0.2) is 35.4 Å². The van der Waals surface area contributed by atoms with Crippen molar-refractivity contribution in [2.24, 2.45) is 5.73 Å². The van der Waals surface area contributed by atoms with E-state index in [1.807, 2.05) is 4.68 Å². The molecule has 1 unspecified atom stereocenters. The Balaban J connectivity index is 2.35. The highest BCUT2D eigenvalue weighted by molar-refractivity contribution is 7.98. The van der Waals surface area contributed by atoms with Gasteiger partial charge in [-0.2, -0.15) is 5.10 Å². The first-order valence-electron chi connectivity index (χ1n) is 6.70. The smallest absolute Gasteiger partial charge is 0.161 e. The van der Waals surface area contributed by atoms with Crippen molar-refractivity contribution >= 4 is 11.8 Å². The number of benzene rings is 1. The monoisotopic (exact) mass is 291 g/mol. The number of aryl methyl sites for hydroxylation is 1. The maximum absolute atomic E-state index is 6.41. The van der Waals surface area contributed by atoms with Crippen LogP contribution in [-0.4, -0.2) is 23.1 Å². The molecule has 0 saturated carbocycles. The van der Waals surface area contributed by atoms with Gasteiger partial charge in [0, 0.05) is 11.4 Å². The summed E-state index contributed by atoms with van der Waals surface area (Å²) in [5.74, 6) is 0.750. The highest BCUT2D eigenvalue weighted by Crippen LogP contribution is 2.29. The van der Waals surface area contributed by atoms with Crippen LogP contribution in [0.1, 0.15) is 30.6 Å². The zero-order valence-corrected chi connectivity index (χ0v) is 13.0. The number of thioether (sulfide) groups is 1. The highest BCUT2D eigenvalue weighted by Gasteiger charge is 2.20. The maximum atomic E-state index is 6.41. The number of ether oxygens (including phenoxy) is 1. The van der Waals surface area contributed by atoms with Gasteiger partial charge in [0.2, 0.25) is 0 Å². The van der Waals surface area contributed by atoms with Crippen LogP contribution in [-0.2, 0) is 6.54 Å². The van der Waals surface area contributed by atoms with Crippen molar-refractivity contribution in [3.05, 3.63) is 41.7 Å². The van der Waals surface area contributed by atoms with Crippen LogP contribution >= 0.6 is 11.8 Å². The number of nitrogens with zero attached hydrogens (tertiary/aromatic N) is 2. The third-order valence-electron chi connectivity index (χ3n) is 3.27. The molecule has 1 heterocycles. The van der Waals surface area contributed by atoms with Crippen molar-refractivity contribution in [2.45, 2.75) is 30.8 Å². The van der Waals surface area contributed by atoms with Crippen molar-refractivity contribution in [3.63, 3.8) is 0 Å². The highest BCUT2D eigenvalue weighted by atomic mass is 32.2. The molecule has 2 aromatic rings. The lowest BCUT2D eigenvalue weighted by Crippen LogP contribution is -2.18. The molecule has 0 bridgehead atoms. The molecule has 2 N–H and O–H groups in total. The van der Waals surface area contributed by atoms with E-state index in [9.17, 15) is 0 Å². The minimum Gasteiger partial charge on any atom is -0.493 e. The number of nitrogens with two attached hydrogens (primary N) is 1. The van der Waals surface area contributed by atoms with Crippen LogP contribution in [0.3, 0.4) is 0 Å². The summed E-state index contributed by atoms with van der Waals surface area (Å²) >= 11 is 1.72. The van der Waals surface area contributed by atoms with E-state index in [1.54, 1.807) is 25.1 Å². The summed E-state index contributed by atoms with van der Waals surface area (Å²) in [7, 11) is 1.65. The second-order valence-electron chi connectivity index (χ2n) is 4.57. The first-order chi connectivity index (χ1) is 9.71. The molecule has 0 fully saturated rings. The van der Waals surface area contributed by atoms with Crippen LogP contribution < -0.4 is 10.5 Å². The molecule has 0 aliphatic carbocycles. The number of aromatic nitrogens is 2. The summed E-state index contributed by atoms with van der Waals surface area (Å²) in [6.07, 6.45) is 4.81. The summed E-state index contributed by atoms with van der Waals surface area (Å²) < 4.78 is 7.33. The average molecular weight is 291 g/mol. The van der Waals surface area contributed by atoms with E-state index in [0.717, 1.165) is 30.0 Å². The SMILES string of the molecule is CCCn1ncc(OC)c1C(N)c1ccc(SC)cc1. The Morgan fingerprint density at radius 1 is 1.35 bits per heavy atom. The summed E-state index contributed by atoms with van der Waals surface area (Å²) in [5.41, 5.74) is 8.42. The van der Waals surface area contributed by atoms with Gasteiger partial charge in [-0.25, -0.2) is 0 Å². The molecule has 1 atom stereocenters. The number of hydrogen-bond donors (Lipinski definition) is 1. The molecule has 1 aromatic heterocycles. The number of hydrogen-bond acceptors (Lipinski definition) is 4. The molecule has 5 heteroatoms. The summed E-state index contributed by atoms with van der Waals surface area (Å²) in [6.45, 7) is 2.96.